The van der Waals surface area contributed by atoms with Crippen LogP contribution < -0.4 is 0 Å². The second-order valence-electron chi connectivity index (χ2n) is 8.88. The molecule has 33 heavy (non-hydrogen) atoms. The number of benzene rings is 2. The lowest BCUT2D eigenvalue weighted by Gasteiger charge is -2.41. The predicted octanol–water partition coefficient (Wildman–Crippen LogP) is 7.36. The number of nitrogens with zero attached hydrogens (tertiary/aromatic N) is 1. The fourth-order valence-electron chi connectivity index (χ4n) is 5.16. The van der Waals surface area contributed by atoms with Gasteiger partial charge in [0.25, 0.3) is 0 Å². The zero-order valence-electron chi connectivity index (χ0n) is 19.1. The Morgan fingerprint density at radius 3 is 2.61 bits per heavy atom. The summed E-state index contributed by atoms with van der Waals surface area (Å²) < 4.78 is 21.0. The fourth-order valence-corrected chi connectivity index (χ4v) is 6.08. The molecule has 1 aromatic heterocycles. The van der Waals surface area contributed by atoms with E-state index in [-0.39, 0.29) is 11.2 Å². The minimum atomic E-state index is -1.26. The summed E-state index contributed by atoms with van der Waals surface area (Å²) in [5, 5.41) is 9.07. The third-order valence-electron chi connectivity index (χ3n) is 6.94. The van der Waals surface area contributed by atoms with Gasteiger partial charge in [-0.05, 0) is 66.5 Å². The van der Waals surface area contributed by atoms with E-state index < -0.39 is 11.8 Å². The standard InChI is InChI=1S/C27H30FNO3S/c1-3-27(25-15-29-17-33-25,21-7-5-4-6-8-21)32-16-19-9-11-22(18(2)13-19)20-10-12-23(26(30)31)24(28)14-20/h9-15,17,21H,3-8,16H2,1-2H3,(H,30,31). The summed E-state index contributed by atoms with van der Waals surface area (Å²) in [5.74, 6) is -1.49. The third kappa shape index (κ3) is 4.87. The molecule has 4 rings (SSSR count). The van der Waals surface area contributed by atoms with Gasteiger partial charge in [-0.1, -0.05) is 50.5 Å². The van der Waals surface area contributed by atoms with E-state index in [1.165, 1.54) is 49.1 Å². The van der Waals surface area contributed by atoms with Crippen LogP contribution in [-0.2, 0) is 16.9 Å². The maximum Gasteiger partial charge on any atom is 0.338 e. The Morgan fingerprint density at radius 1 is 1.21 bits per heavy atom. The van der Waals surface area contributed by atoms with Crippen molar-refractivity contribution in [2.24, 2.45) is 5.92 Å². The van der Waals surface area contributed by atoms with Crippen LogP contribution in [0.1, 0.15) is 71.8 Å². The van der Waals surface area contributed by atoms with Crippen LogP contribution >= 0.6 is 11.3 Å². The Kier molecular flexibility index (Phi) is 7.25. The van der Waals surface area contributed by atoms with Crippen molar-refractivity contribution in [1.29, 1.82) is 0 Å². The molecule has 4 nitrogen and oxygen atoms in total. The average molecular weight is 468 g/mol. The van der Waals surface area contributed by atoms with Crippen LogP contribution in [0.4, 0.5) is 4.39 Å². The molecule has 2 aromatic carbocycles. The van der Waals surface area contributed by atoms with Gasteiger partial charge in [-0.3, -0.25) is 4.98 Å². The highest BCUT2D eigenvalue weighted by atomic mass is 32.1. The molecular formula is C27H30FNO3S. The number of carboxylic acid groups (broad SMARTS) is 1. The van der Waals surface area contributed by atoms with E-state index in [4.69, 9.17) is 9.84 Å². The van der Waals surface area contributed by atoms with Crippen LogP contribution in [0.25, 0.3) is 11.1 Å². The maximum atomic E-state index is 14.2. The molecule has 0 amide bonds. The van der Waals surface area contributed by atoms with Crippen LogP contribution in [-0.4, -0.2) is 16.1 Å². The Labute approximate surface area is 198 Å². The number of hydrogen-bond donors (Lipinski definition) is 1. The molecular weight excluding hydrogens is 437 g/mol. The number of carboxylic acids is 1. The smallest absolute Gasteiger partial charge is 0.338 e. The van der Waals surface area contributed by atoms with Crippen LogP contribution in [0.5, 0.6) is 0 Å². The van der Waals surface area contributed by atoms with Crippen LogP contribution in [0.15, 0.2) is 48.1 Å². The van der Waals surface area contributed by atoms with E-state index in [1.54, 1.807) is 17.4 Å². The van der Waals surface area contributed by atoms with Crippen molar-refractivity contribution in [3.8, 4) is 11.1 Å². The highest BCUT2D eigenvalue weighted by Gasteiger charge is 2.41. The fraction of sp³-hybridized carbons (Fsp3) is 0.407. The van der Waals surface area contributed by atoms with Gasteiger partial charge in [0, 0.05) is 6.20 Å². The lowest BCUT2D eigenvalue weighted by molar-refractivity contribution is -0.113. The van der Waals surface area contributed by atoms with E-state index in [9.17, 15) is 9.18 Å². The summed E-state index contributed by atoms with van der Waals surface area (Å²) in [5.41, 5.74) is 4.86. The zero-order chi connectivity index (χ0) is 23.4. The first-order chi connectivity index (χ1) is 15.9. The van der Waals surface area contributed by atoms with Crippen LogP contribution in [0.3, 0.4) is 0 Å². The number of ether oxygens (including phenoxy) is 1. The Morgan fingerprint density at radius 2 is 2.00 bits per heavy atom. The molecule has 1 aliphatic carbocycles. The number of hydrogen-bond acceptors (Lipinski definition) is 4. The number of aryl methyl sites for hydroxylation is 1. The van der Waals surface area contributed by atoms with Crippen molar-refractivity contribution in [3.05, 3.63) is 75.5 Å². The summed E-state index contributed by atoms with van der Waals surface area (Å²) in [7, 11) is 0. The quantitative estimate of drug-likeness (QED) is 0.376. The minimum absolute atomic E-state index is 0.316. The summed E-state index contributed by atoms with van der Waals surface area (Å²) in [6.45, 7) is 4.69. The van der Waals surface area contributed by atoms with Crippen LogP contribution in [0, 0.1) is 18.7 Å². The molecule has 0 spiro atoms. The van der Waals surface area contributed by atoms with Gasteiger partial charge in [0.05, 0.1) is 22.6 Å². The van der Waals surface area contributed by atoms with Gasteiger partial charge >= 0.3 is 5.97 Å². The molecule has 0 bridgehead atoms. The Balaban J connectivity index is 1.57. The van der Waals surface area contributed by atoms with Gasteiger partial charge in [-0.15, -0.1) is 11.3 Å². The van der Waals surface area contributed by atoms with E-state index >= 15 is 0 Å². The van der Waals surface area contributed by atoms with E-state index in [1.807, 2.05) is 30.8 Å². The lowest BCUT2D eigenvalue weighted by atomic mass is 9.74. The average Bonchev–Trinajstić information content (AvgIpc) is 3.36. The highest BCUT2D eigenvalue weighted by Crippen LogP contribution is 2.46. The topological polar surface area (TPSA) is 59.4 Å². The van der Waals surface area contributed by atoms with Crippen LogP contribution in [0.2, 0.25) is 0 Å². The first-order valence-corrected chi connectivity index (χ1v) is 12.5. The van der Waals surface area contributed by atoms with Crippen molar-refractivity contribution in [1.82, 2.24) is 4.98 Å². The second kappa shape index (κ2) is 10.1. The van der Waals surface area contributed by atoms with Crippen molar-refractivity contribution in [3.63, 3.8) is 0 Å². The lowest BCUT2D eigenvalue weighted by Crippen LogP contribution is -2.38. The van der Waals surface area contributed by atoms with Gasteiger partial charge in [0.15, 0.2) is 0 Å². The molecule has 0 aliphatic heterocycles. The molecule has 1 atom stereocenters. The first kappa shape index (κ1) is 23.6. The van der Waals surface area contributed by atoms with Gasteiger partial charge in [-0.2, -0.15) is 0 Å². The number of thiazole rings is 1. The predicted molar refractivity (Wildman–Crippen MR) is 129 cm³/mol. The summed E-state index contributed by atoms with van der Waals surface area (Å²) >= 11 is 1.68. The van der Waals surface area contributed by atoms with Gasteiger partial charge in [-0.25, -0.2) is 9.18 Å². The third-order valence-corrected chi connectivity index (χ3v) is 7.87. The SMILES string of the molecule is CCC(OCc1ccc(-c2ccc(C(=O)O)c(F)c2)c(C)c1)(c1cncs1)C1CCCCC1. The monoisotopic (exact) mass is 467 g/mol. The van der Waals surface area contributed by atoms with Crippen molar-refractivity contribution in [2.45, 2.75) is 64.6 Å². The normalized spacial score (nSPS) is 16.5. The molecule has 0 saturated heterocycles. The van der Waals surface area contributed by atoms with Crippen molar-refractivity contribution in [2.75, 3.05) is 0 Å². The van der Waals surface area contributed by atoms with Gasteiger partial charge in [0.2, 0.25) is 0 Å². The Bertz CT molecular complexity index is 1110. The van der Waals surface area contributed by atoms with Crippen molar-refractivity contribution >= 4 is 17.3 Å². The number of rotatable bonds is 8. The van der Waals surface area contributed by atoms with Crippen molar-refractivity contribution < 1.29 is 19.0 Å². The molecule has 6 heteroatoms. The van der Waals surface area contributed by atoms with Gasteiger partial charge < -0.3 is 9.84 Å². The second-order valence-corrected chi connectivity index (χ2v) is 9.77. The van der Waals surface area contributed by atoms with E-state index in [0.717, 1.165) is 23.1 Å². The number of aromatic nitrogens is 1. The molecule has 1 saturated carbocycles. The number of carbonyl (C=O) groups is 1. The molecule has 0 radical (unpaired) electrons. The highest BCUT2D eigenvalue weighted by molar-refractivity contribution is 7.09. The molecule has 3 aromatic rings. The largest absolute Gasteiger partial charge is 0.478 e. The first-order valence-electron chi connectivity index (χ1n) is 11.6. The molecule has 1 unspecified atom stereocenters. The Hall–Kier alpha value is -2.57. The van der Waals surface area contributed by atoms with Gasteiger partial charge in [0.1, 0.15) is 11.4 Å². The summed E-state index contributed by atoms with van der Waals surface area (Å²) in [6, 6.07) is 10.3. The number of halogens is 1. The number of aromatic carboxylic acids is 1. The minimum Gasteiger partial charge on any atom is -0.478 e. The molecule has 174 valence electrons. The zero-order valence-corrected chi connectivity index (χ0v) is 20.0. The summed E-state index contributed by atoms with van der Waals surface area (Å²) in [6.07, 6.45) is 9.04. The molecule has 1 aliphatic rings. The van der Waals surface area contributed by atoms with E-state index in [2.05, 4.69) is 18.0 Å². The maximum absolute atomic E-state index is 14.2. The molecule has 1 fully saturated rings. The molecule has 1 N–H and O–H groups in total. The van der Waals surface area contributed by atoms with E-state index in [0.29, 0.717) is 18.1 Å². The molecule has 1 heterocycles. The summed E-state index contributed by atoms with van der Waals surface area (Å²) in [4.78, 5) is 16.6.